The first-order valence-corrected chi connectivity index (χ1v) is 12.3. The maximum atomic E-state index is 12.3. The van der Waals surface area contributed by atoms with Gasteiger partial charge in [-0.05, 0) is 31.0 Å². The molecule has 2 N–H and O–H groups in total. The van der Waals surface area contributed by atoms with Crippen LogP contribution in [0.25, 0.3) is 0 Å². The average Bonchev–Trinajstić information content (AvgIpc) is 3.26. The van der Waals surface area contributed by atoms with Crippen LogP contribution in [0.5, 0.6) is 0 Å². The molecule has 0 spiro atoms. The predicted octanol–water partition coefficient (Wildman–Crippen LogP) is 3.09. The standard InChI is InChI=1S/C23H32N4O3S.HI/c1-2-24-23(25-14-15-26-31(28,29)22-11-7-4-8-12-22)27-16-13-21(17-27)19-30-18-20-9-5-3-6-10-20;/h3-12,21,26H,2,13-19H2,1H3,(H,24,25);1H. The van der Waals surface area contributed by atoms with Crippen LogP contribution in [0.2, 0.25) is 0 Å². The van der Waals surface area contributed by atoms with Crippen LogP contribution >= 0.6 is 24.0 Å². The van der Waals surface area contributed by atoms with E-state index in [-0.39, 0.29) is 35.4 Å². The van der Waals surface area contributed by atoms with Crippen molar-refractivity contribution in [2.24, 2.45) is 10.9 Å². The molecule has 0 radical (unpaired) electrons. The first kappa shape index (κ1) is 26.6. The highest BCUT2D eigenvalue weighted by Crippen LogP contribution is 2.17. The third-order valence-electron chi connectivity index (χ3n) is 5.10. The van der Waals surface area contributed by atoms with Crippen molar-refractivity contribution in [1.82, 2.24) is 14.9 Å². The molecule has 2 aromatic carbocycles. The number of likely N-dealkylation sites (tertiary alicyclic amines) is 1. The van der Waals surface area contributed by atoms with E-state index in [0.717, 1.165) is 38.6 Å². The minimum absolute atomic E-state index is 0. The number of ether oxygens (including phenoxy) is 1. The molecule has 1 heterocycles. The Morgan fingerprint density at radius 1 is 1.12 bits per heavy atom. The fourth-order valence-corrected chi connectivity index (χ4v) is 4.57. The summed E-state index contributed by atoms with van der Waals surface area (Å²) < 4.78 is 33.1. The van der Waals surface area contributed by atoms with Gasteiger partial charge in [-0.3, -0.25) is 4.99 Å². The summed E-state index contributed by atoms with van der Waals surface area (Å²) in [5, 5.41) is 3.31. The second-order valence-corrected chi connectivity index (χ2v) is 9.31. The number of guanidine groups is 1. The van der Waals surface area contributed by atoms with Crippen LogP contribution in [-0.4, -0.2) is 58.6 Å². The lowest BCUT2D eigenvalue weighted by Crippen LogP contribution is -2.40. The monoisotopic (exact) mass is 572 g/mol. The minimum atomic E-state index is -3.50. The quantitative estimate of drug-likeness (QED) is 0.198. The lowest BCUT2D eigenvalue weighted by atomic mass is 10.1. The van der Waals surface area contributed by atoms with Crippen molar-refractivity contribution in [3.05, 3.63) is 66.2 Å². The summed E-state index contributed by atoms with van der Waals surface area (Å²) in [6.07, 6.45) is 1.06. The molecule has 1 aliphatic rings. The van der Waals surface area contributed by atoms with Crippen molar-refractivity contribution in [1.29, 1.82) is 0 Å². The van der Waals surface area contributed by atoms with Gasteiger partial charge in [-0.15, -0.1) is 24.0 Å². The van der Waals surface area contributed by atoms with E-state index in [2.05, 4.69) is 32.1 Å². The fraction of sp³-hybridized carbons (Fsp3) is 0.435. The van der Waals surface area contributed by atoms with E-state index in [1.807, 2.05) is 25.1 Å². The normalized spacial score (nSPS) is 16.6. The molecule has 3 rings (SSSR count). The van der Waals surface area contributed by atoms with Gasteiger partial charge in [0.2, 0.25) is 10.0 Å². The highest BCUT2D eigenvalue weighted by molar-refractivity contribution is 14.0. The molecule has 176 valence electrons. The fourth-order valence-electron chi connectivity index (χ4n) is 3.53. The number of hydrogen-bond donors (Lipinski definition) is 2. The number of nitrogens with one attached hydrogen (secondary N) is 2. The molecule has 1 atom stereocenters. The lowest BCUT2D eigenvalue weighted by molar-refractivity contribution is 0.0907. The summed E-state index contributed by atoms with van der Waals surface area (Å²) >= 11 is 0. The number of nitrogens with zero attached hydrogens (tertiary/aromatic N) is 2. The van der Waals surface area contributed by atoms with E-state index < -0.39 is 10.0 Å². The molecule has 0 aliphatic carbocycles. The van der Waals surface area contributed by atoms with Crippen LogP contribution in [0, 0.1) is 5.92 Å². The highest BCUT2D eigenvalue weighted by Gasteiger charge is 2.25. The van der Waals surface area contributed by atoms with Crippen LogP contribution in [0.3, 0.4) is 0 Å². The second-order valence-electron chi connectivity index (χ2n) is 7.55. The van der Waals surface area contributed by atoms with Gasteiger partial charge in [0, 0.05) is 32.1 Å². The van der Waals surface area contributed by atoms with Crippen molar-refractivity contribution >= 4 is 40.0 Å². The zero-order chi connectivity index (χ0) is 21.9. The van der Waals surface area contributed by atoms with Gasteiger partial charge in [0.25, 0.3) is 0 Å². The van der Waals surface area contributed by atoms with Crippen molar-refractivity contribution in [3.63, 3.8) is 0 Å². The first-order chi connectivity index (χ1) is 15.1. The van der Waals surface area contributed by atoms with Gasteiger partial charge < -0.3 is 15.0 Å². The topological polar surface area (TPSA) is 83.0 Å². The minimum Gasteiger partial charge on any atom is -0.376 e. The maximum absolute atomic E-state index is 12.3. The predicted molar refractivity (Wildman–Crippen MR) is 139 cm³/mol. The Labute approximate surface area is 208 Å². The average molecular weight is 573 g/mol. The third kappa shape index (κ3) is 8.34. The zero-order valence-electron chi connectivity index (χ0n) is 18.4. The molecule has 1 saturated heterocycles. The molecular weight excluding hydrogens is 539 g/mol. The second kappa shape index (κ2) is 13.8. The van der Waals surface area contributed by atoms with Gasteiger partial charge >= 0.3 is 0 Å². The number of aliphatic imine (C=N–C) groups is 1. The summed E-state index contributed by atoms with van der Waals surface area (Å²) in [5.74, 6) is 1.29. The van der Waals surface area contributed by atoms with Crippen molar-refractivity contribution in [2.75, 3.05) is 39.3 Å². The molecule has 1 aliphatic heterocycles. The molecule has 1 unspecified atom stereocenters. The molecule has 1 fully saturated rings. The van der Waals surface area contributed by atoms with Gasteiger partial charge in [-0.1, -0.05) is 48.5 Å². The molecule has 32 heavy (non-hydrogen) atoms. The van der Waals surface area contributed by atoms with E-state index >= 15 is 0 Å². The van der Waals surface area contributed by atoms with Crippen LogP contribution in [0.15, 0.2) is 70.6 Å². The van der Waals surface area contributed by atoms with E-state index in [4.69, 9.17) is 4.74 Å². The summed E-state index contributed by atoms with van der Waals surface area (Å²) in [5.41, 5.74) is 1.19. The van der Waals surface area contributed by atoms with Gasteiger partial charge in [0.05, 0.1) is 24.7 Å². The van der Waals surface area contributed by atoms with Crippen molar-refractivity contribution < 1.29 is 13.2 Å². The Kier molecular flexibility index (Phi) is 11.4. The van der Waals surface area contributed by atoms with E-state index in [0.29, 0.717) is 19.1 Å². The van der Waals surface area contributed by atoms with Crippen LogP contribution < -0.4 is 10.0 Å². The van der Waals surface area contributed by atoms with E-state index in [9.17, 15) is 8.42 Å². The SMILES string of the molecule is CCNC(=NCCNS(=O)(=O)c1ccccc1)N1CCC(COCc2ccccc2)C1.I. The molecule has 2 aromatic rings. The molecular formula is C23H33IN4O3S. The van der Waals surface area contributed by atoms with Gasteiger partial charge in [-0.25, -0.2) is 13.1 Å². The number of rotatable bonds is 10. The Morgan fingerprint density at radius 2 is 1.81 bits per heavy atom. The third-order valence-corrected chi connectivity index (χ3v) is 6.58. The molecule has 0 amide bonds. The Balaban J connectivity index is 0.00000363. The lowest BCUT2D eigenvalue weighted by Gasteiger charge is -2.21. The number of hydrogen-bond acceptors (Lipinski definition) is 4. The summed E-state index contributed by atoms with van der Waals surface area (Å²) in [7, 11) is -3.50. The van der Waals surface area contributed by atoms with E-state index in [1.165, 1.54) is 5.56 Å². The van der Waals surface area contributed by atoms with Gasteiger partial charge in [0.1, 0.15) is 0 Å². The van der Waals surface area contributed by atoms with E-state index in [1.54, 1.807) is 30.3 Å². The largest absolute Gasteiger partial charge is 0.376 e. The smallest absolute Gasteiger partial charge is 0.240 e. The summed E-state index contributed by atoms with van der Waals surface area (Å²) in [6.45, 7) is 6.58. The van der Waals surface area contributed by atoms with Crippen LogP contribution in [0.4, 0.5) is 0 Å². The number of benzene rings is 2. The zero-order valence-corrected chi connectivity index (χ0v) is 21.6. The van der Waals surface area contributed by atoms with Crippen LogP contribution in [0.1, 0.15) is 18.9 Å². The number of sulfonamides is 1. The molecule has 0 aromatic heterocycles. The van der Waals surface area contributed by atoms with Gasteiger partial charge in [-0.2, -0.15) is 0 Å². The molecule has 7 nitrogen and oxygen atoms in total. The van der Waals surface area contributed by atoms with Gasteiger partial charge in [0.15, 0.2) is 5.96 Å². The molecule has 0 saturated carbocycles. The maximum Gasteiger partial charge on any atom is 0.240 e. The van der Waals surface area contributed by atoms with Crippen molar-refractivity contribution in [2.45, 2.75) is 24.8 Å². The van der Waals surface area contributed by atoms with Crippen LogP contribution in [-0.2, 0) is 21.4 Å². The molecule has 9 heteroatoms. The first-order valence-electron chi connectivity index (χ1n) is 10.8. The Morgan fingerprint density at radius 3 is 2.50 bits per heavy atom. The van der Waals surface area contributed by atoms with Crippen molar-refractivity contribution in [3.8, 4) is 0 Å². The number of halogens is 1. The Bertz CT molecular complexity index is 927. The summed E-state index contributed by atoms with van der Waals surface area (Å²) in [6, 6.07) is 18.6. The summed E-state index contributed by atoms with van der Waals surface area (Å²) in [4.78, 5) is 7.11. The Hall–Kier alpha value is -1.69. The highest BCUT2D eigenvalue weighted by atomic mass is 127. The molecule has 0 bridgehead atoms.